The predicted octanol–water partition coefficient (Wildman–Crippen LogP) is 2.20. The van der Waals surface area contributed by atoms with E-state index >= 15 is 0 Å². The van der Waals surface area contributed by atoms with Gasteiger partial charge in [0, 0.05) is 18.2 Å². The highest BCUT2D eigenvalue weighted by Crippen LogP contribution is 2.30. The number of hydrogen-bond donors (Lipinski definition) is 2. The number of carbonyl (C=O) groups is 3. The number of piperazine rings is 1. The van der Waals surface area contributed by atoms with Crippen LogP contribution in [0, 0.1) is 5.82 Å². The molecule has 3 unspecified atom stereocenters. The normalized spacial score (nSPS) is 25.2. The van der Waals surface area contributed by atoms with E-state index in [1.165, 1.54) is 24.3 Å². The number of halogens is 1. The topological polar surface area (TPSA) is 78.5 Å². The van der Waals surface area contributed by atoms with Gasteiger partial charge in [0.05, 0.1) is 12.5 Å². The van der Waals surface area contributed by atoms with Crippen LogP contribution in [0.15, 0.2) is 24.3 Å². The second kappa shape index (κ2) is 7.85. The minimum atomic E-state index is -0.803. The van der Waals surface area contributed by atoms with Crippen LogP contribution in [0.2, 0.25) is 0 Å². The van der Waals surface area contributed by atoms with Gasteiger partial charge < -0.3 is 15.5 Å². The Morgan fingerprint density at radius 2 is 1.92 bits per heavy atom. The van der Waals surface area contributed by atoms with Gasteiger partial charge in [-0.15, -0.1) is 0 Å². The lowest BCUT2D eigenvalue weighted by molar-refractivity contribution is -0.151. The summed E-state index contributed by atoms with van der Waals surface area (Å²) in [6, 6.07) is 4.55. The Morgan fingerprint density at radius 3 is 2.62 bits per heavy atom. The van der Waals surface area contributed by atoms with Crippen molar-refractivity contribution < 1.29 is 18.8 Å². The van der Waals surface area contributed by atoms with Gasteiger partial charge in [-0.25, -0.2) is 4.39 Å². The van der Waals surface area contributed by atoms with Crippen LogP contribution in [-0.4, -0.2) is 40.7 Å². The summed E-state index contributed by atoms with van der Waals surface area (Å²) in [5.41, 5.74) is 0.455. The molecule has 6 nitrogen and oxygen atoms in total. The highest BCUT2D eigenvalue weighted by Gasteiger charge is 2.45. The lowest BCUT2D eigenvalue weighted by Crippen LogP contribution is -2.67. The number of fused-ring (bicyclic) bond motifs is 1. The summed E-state index contributed by atoms with van der Waals surface area (Å²) in [6.45, 7) is 1.77. The van der Waals surface area contributed by atoms with Crippen LogP contribution in [0.3, 0.4) is 0 Å². The van der Waals surface area contributed by atoms with Crippen molar-refractivity contribution in [1.29, 1.82) is 0 Å². The highest BCUT2D eigenvalue weighted by atomic mass is 19.1. The molecule has 26 heavy (non-hydrogen) atoms. The molecular formula is C19H24FN3O3. The molecule has 140 valence electrons. The van der Waals surface area contributed by atoms with E-state index in [0.29, 0.717) is 12.1 Å². The summed E-state index contributed by atoms with van der Waals surface area (Å²) in [7, 11) is 0. The van der Waals surface area contributed by atoms with Crippen molar-refractivity contribution in [3.8, 4) is 0 Å². The third-order valence-corrected chi connectivity index (χ3v) is 5.15. The van der Waals surface area contributed by atoms with Gasteiger partial charge >= 0.3 is 0 Å². The van der Waals surface area contributed by atoms with Crippen molar-refractivity contribution in [2.75, 3.05) is 5.32 Å². The van der Waals surface area contributed by atoms with Crippen LogP contribution in [0.4, 0.5) is 10.1 Å². The molecule has 1 saturated heterocycles. The first-order valence-corrected chi connectivity index (χ1v) is 9.16. The van der Waals surface area contributed by atoms with Gasteiger partial charge in [-0.2, -0.15) is 0 Å². The molecule has 7 heteroatoms. The van der Waals surface area contributed by atoms with E-state index < -0.39 is 11.9 Å². The Labute approximate surface area is 152 Å². The Kier molecular flexibility index (Phi) is 5.54. The van der Waals surface area contributed by atoms with Crippen LogP contribution in [0.1, 0.15) is 45.4 Å². The Balaban J connectivity index is 1.74. The van der Waals surface area contributed by atoms with E-state index in [-0.39, 0.29) is 36.2 Å². The van der Waals surface area contributed by atoms with E-state index in [1.807, 2.05) is 0 Å². The molecule has 2 fully saturated rings. The second-order valence-electron chi connectivity index (χ2n) is 6.90. The molecule has 0 aromatic heterocycles. The van der Waals surface area contributed by atoms with Crippen LogP contribution in [-0.2, 0) is 14.4 Å². The first-order valence-electron chi connectivity index (χ1n) is 9.16. The number of nitrogens with one attached hydrogen (secondary N) is 2. The molecule has 1 heterocycles. The molecule has 0 spiro atoms. The van der Waals surface area contributed by atoms with E-state index in [9.17, 15) is 18.8 Å². The van der Waals surface area contributed by atoms with Gasteiger partial charge in [0.1, 0.15) is 11.9 Å². The standard InChI is InChI=1S/C19H24FN3O3/c1-2-18(25)23-15-6-4-3-5-14(15)22-19(26)16(23)11-17(24)21-13-9-7-12(20)8-10-13/h7-10,14-16H,2-6,11H2,1H3,(H,21,24)(H,22,26). The molecule has 3 amide bonds. The molecule has 2 N–H and O–H groups in total. The fourth-order valence-corrected chi connectivity index (χ4v) is 3.90. The molecule has 1 aromatic carbocycles. The molecular weight excluding hydrogens is 337 g/mol. The van der Waals surface area contributed by atoms with Gasteiger partial charge in [-0.3, -0.25) is 14.4 Å². The number of carbonyl (C=O) groups excluding carboxylic acids is 3. The van der Waals surface area contributed by atoms with Gasteiger partial charge in [0.2, 0.25) is 17.7 Å². The van der Waals surface area contributed by atoms with Gasteiger partial charge in [-0.1, -0.05) is 19.8 Å². The van der Waals surface area contributed by atoms with Crippen molar-refractivity contribution in [2.24, 2.45) is 0 Å². The zero-order valence-electron chi connectivity index (χ0n) is 14.8. The summed E-state index contributed by atoms with van der Waals surface area (Å²) >= 11 is 0. The maximum atomic E-state index is 13.0. The number of amides is 3. The van der Waals surface area contributed by atoms with Crippen molar-refractivity contribution in [3.63, 3.8) is 0 Å². The van der Waals surface area contributed by atoms with E-state index in [2.05, 4.69) is 10.6 Å². The third kappa shape index (κ3) is 3.86. The van der Waals surface area contributed by atoms with Crippen LogP contribution in [0.25, 0.3) is 0 Å². The van der Waals surface area contributed by atoms with Crippen LogP contribution < -0.4 is 10.6 Å². The van der Waals surface area contributed by atoms with Crippen LogP contribution in [0.5, 0.6) is 0 Å². The molecule has 1 aliphatic carbocycles. The van der Waals surface area contributed by atoms with Gasteiger partial charge in [0.25, 0.3) is 0 Å². The fourth-order valence-electron chi connectivity index (χ4n) is 3.90. The quantitative estimate of drug-likeness (QED) is 0.863. The minimum Gasteiger partial charge on any atom is -0.349 e. The van der Waals surface area contributed by atoms with Crippen molar-refractivity contribution in [2.45, 2.75) is 63.6 Å². The van der Waals surface area contributed by atoms with Gasteiger partial charge in [0.15, 0.2) is 0 Å². The summed E-state index contributed by atoms with van der Waals surface area (Å²) < 4.78 is 13.0. The average Bonchev–Trinajstić information content (AvgIpc) is 2.63. The smallest absolute Gasteiger partial charge is 0.243 e. The second-order valence-corrected chi connectivity index (χ2v) is 6.90. The maximum Gasteiger partial charge on any atom is 0.243 e. The fraction of sp³-hybridized carbons (Fsp3) is 0.526. The molecule has 3 atom stereocenters. The molecule has 0 radical (unpaired) electrons. The van der Waals surface area contributed by atoms with E-state index in [4.69, 9.17) is 0 Å². The molecule has 2 aliphatic rings. The Bertz CT molecular complexity index is 692. The zero-order chi connectivity index (χ0) is 18.7. The average molecular weight is 361 g/mol. The minimum absolute atomic E-state index is 0.0249. The summed E-state index contributed by atoms with van der Waals surface area (Å²) in [5, 5.41) is 5.65. The number of anilines is 1. The van der Waals surface area contributed by atoms with E-state index in [1.54, 1.807) is 11.8 Å². The summed E-state index contributed by atoms with van der Waals surface area (Å²) in [4.78, 5) is 39.1. The molecule has 0 bridgehead atoms. The number of hydrogen-bond acceptors (Lipinski definition) is 3. The summed E-state index contributed by atoms with van der Waals surface area (Å²) in [5.74, 6) is -1.14. The lowest BCUT2D eigenvalue weighted by Gasteiger charge is -2.48. The van der Waals surface area contributed by atoms with Gasteiger partial charge in [-0.05, 0) is 37.1 Å². The maximum absolute atomic E-state index is 13.0. The molecule has 3 rings (SSSR count). The largest absolute Gasteiger partial charge is 0.349 e. The molecule has 1 aliphatic heterocycles. The lowest BCUT2D eigenvalue weighted by atomic mass is 9.85. The Morgan fingerprint density at radius 1 is 1.23 bits per heavy atom. The molecule has 1 aromatic rings. The van der Waals surface area contributed by atoms with Crippen molar-refractivity contribution in [3.05, 3.63) is 30.1 Å². The van der Waals surface area contributed by atoms with Crippen LogP contribution >= 0.6 is 0 Å². The SMILES string of the molecule is CCC(=O)N1C(CC(=O)Nc2ccc(F)cc2)C(=O)NC2CCCCC21. The van der Waals surface area contributed by atoms with Crippen molar-refractivity contribution in [1.82, 2.24) is 10.2 Å². The highest BCUT2D eigenvalue weighted by molar-refractivity contribution is 5.97. The van der Waals surface area contributed by atoms with E-state index in [0.717, 1.165) is 25.7 Å². The number of nitrogens with zero attached hydrogens (tertiary/aromatic N) is 1. The third-order valence-electron chi connectivity index (χ3n) is 5.15. The number of benzene rings is 1. The predicted molar refractivity (Wildman–Crippen MR) is 94.8 cm³/mol. The molecule has 1 saturated carbocycles. The zero-order valence-corrected chi connectivity index (χ0v) is 14.8. The monoisotopic (exact) mass is 361 g/mol. The number of rotatable bonds is 4. The first kappa shape index (κ1) is 18.4. The van der Waals surface area contributed by atoms with Crippen molar-refractivity contribution >= 4 is 23.4 Å². The first-order chi connectivity index (χ1) is 12.5. The summed E-state index contributed by atoms with van der Waals surface area (Å²) in [6.07, 6.45) is 3.93. The Hall–Kier alpha value is -2.44.